The molecule has 1 atom stereocenters. The molecular formula is C12H15BrClNO3S. The minimum atomic E-state index is -3.60. The highest BCUT2D eigenvalue weighted by atomic mass is 79.9. The molecule has 7 heteroatoms. The van der Waals surface area contributed by atoms with E-state index >= 15 is 0 Å². The molecule has 106 valence electrons. The first-order valence-electron chi connectivity index (χ1n) is 5.97. The molecule has 0 amide bonds. The quantitative estimate of drug-likeness (QED) is 0.889. The molecule has 2 rings (SSSR count). The van der Waals surface area contributed by atoms with Crippen molar-refractivity contribution < 1.29 is 13.2 Å². The van der Waals surface area contributed by atoms with Crippen LogP contribution in [-0.2, 0) is 14.8 Å². The molecule has 0 aliphatic carbocycles. The molecule has 0 aromatic heterocycles. The summed E-state index contributed by atoms with van der Waals surface area (Å²) in [6, 6.07) is 3.15. The van der Waals surface area contributed by atoms with Gasteiger partial charge in [-0.25, -0.2) is 13.1 Å². The summed E-state index contributed by atoms with van der Waals surface area (Å²) < 4.78 is 33.1. The van der Waals surface area contributed by atoms with Gasteiger partial charge in [-0.3, -0.25) is 0 Å². The first-order chi connectivity index (χ1) is 8.90. The lowest BCUT2D eigenvalue weighted by molar-refractivity contribution is 0.114. The van der Waals surface area contributed by atoms with Crippen molar-refractivity contribution in [2.75, 3.05) is 13.2 Å². The molecule has 1 heterocycles. The molecule has 1 aromatic carbocycles. The number of sulfonamides is 1. The van der Waals surface area contributed by atoms with Crippen molar-refractivity contribution in [1.82, 2.24) is 4.72 Å². The molecule has 0 radical (unpaired) electrons. The second-order valence-corrected chi connectivity index (χ2v) is 7.52. The van der Waals surface area contributed by atoms with Gasteiger partial charge in [0.15, 0.2) is 0 Å². The van der Waals surface area contributed by atoms with Crippen LogP contribution in [0, 0.1) is 6.92 Å². The molecule has 0 spiro atoms. The Hall–Kier alpha value is -0.140. The molecule has 1 aromatic rings. The van der Waals surface area contributed by atoms with E-state index in [4.69, 9.17) is 16.3 Å². The van der Waals surface area contributed by atoms with Gasteiger partial charge in [0.2, 0.25) is 10.0 Å². The molecule has 0 bridgehead atoms. The minimum absolute atomic E-state index is 0.0369. The maximum Gasteiger partial charge on any atom is 0.242 e. The van der Waals surface area contributed by atoms with E-state index in [1.165, 1.54) is 0 Å². The molecule has 0 unspecified atom stereocenters. The highest BCUT2D eigenvalue weighted by molar-refractivity contribution is 9.10. The lowest BCUT2D eigenvalue weighted by Crippen LogP contribution is -2.32. The Kier molecular flexibility index (Phi) is 4.89. The van der Waals surface area contributed by atoms with Crippen molar-refractivity contribution in [2.45, 2.75) is 30.8 Å². The predicted octanol–water partition coefficient (Wildman–Crippen LogP) is 2.87. The van der Waals surface area contributed by atoms with Crippen molar-refractivity contribution in [3.8, 4) is 0 Å². The van der Waals surface area contributed by atoms with Crippen LogP contribution in [0.5, 0.6) is 0 Å². The van der Waals surface area contributed by atoms with Gasteiger partial charge < -0.3 is 4.74 Å². The number of rotatable bonds is 4. The van der Waals surface area contributed by atoms with E-state index in [0.29, 0.717) is 6.61 Å². The summed E-state index contributed by atoms with van der Waals surface area (Å²) in [5, 5.41) is 0.206. The van der Waals surface area contributed by atoms with Crippen molar-refractivity contribution in [1.29, 1.82) is 0 Å². The SMILES string of the molecule is Cc1cc(S(=O)(=O)NC[C@@H]2CCCO2)c(Cl)cc1Br. The summed E-state index contributed by atoms with van der Waals surface area (Å²) in [5.41, 5.74) is 0.821. The normalized spacial score (nSPS) is 19.8. The average Bonchev–Trinajstić information content (AvgIpc) is 2.84. The summed E-state index contributed by atoms with van der Waals surface area (Å²) in [5.74, 6) is 0. The zero-order valence-electron chi connectivity index (χ0n) is 10.4. The topological polar surface area (TPSA) is 55.4 Å². The first-order valence-corrected chi connectivity index (χ1v) is 8.62. The van der Waals surface area contributed by atoms with E-state index in [1.807, 2.05) is 6.92 Å². The average molecular weight is 369 g/mol. The van der Waals surface area contributed by atoms with E-state index in [1.54, 1.807) is 12.1 Å². The van der Waals surface area contributed by atoms with Gasteiger partial charge in [0, 0.05) is 17.6 Å². The van der Waals surface area contributed by atoms with Gasteiger partial charge in [0.25, 0.3) is 0 Å². The Bertz CT molecular complexity index is 571. The maximum absolute atomic E-state index is 12.2. The molecule has 19 heavy (non-hydrogen) atoms. The number of aryl methyl sites for hydroxylation is 1. The zero-order valence-corrected chi connectivity index (χ0v) is 13.6. The second-order valence-electron chi connectivity index (χ2n) is 4.52. The van der Waals surface area contributed by atoms with Crippen LogP contribution >= 0.6 is 27.5 Å². The maximum atomic E-state index is 12.2. The molecule has 1 fully saturated rings. The number of benzene rings is 1. The minimum Gasteiger partial charge on any atom is -0.377 e. The largest absolute Gasteiger partial charge is 0.377 e. The molecular weight excluding hydrogens is 354 g/mol. The lowest BCUT2D eigenvalue weighted by Gasteiger charge is -2.13. The van der Waals surface area contributed by atoms with Crippen LogP contribution in [0.15, 0.2) is 21.5 Å². The number of hydrogen-bond donors (Lipinski definition) is 1. The molecule has 1 saturated heterocycles. The van der Waals surface area contributed by atoms with Crippen molar-refractivity contribution in [3.63, 3.8) is 0 Å². The van der Waals surface area contributed by atoms with Crippen LogP contribution < -0.4 is 4.72 Å². The highest BCUT2D eigenvalue weighted by Crippen LogP contribution is 2.28. The fourth-order valence-corrected chi connectivity index (χ4v) is 4.07. The van der Waals surface area contributed by atoms with E-state index in [2.05, 4.69) is 20.7 Å². The highest BCUT2D eigenvalue weighted by Gasteiger charge is 2.22. The monoisotopic (exact) mass is 367 g/mol. The van der Waals surface area contributed by atoms with Gasteiger partial charge in [-0.1, -0.05) is 27.5 Å². The zero-order chi connectivity index (χ0) is 14.0. The van der Waals surface area contributed by atoms with E-state index in [-0.39, 0.29) is 22.6 Å². The van der Waals surface area contributed by atoms with Crippen molar-refractivity contribution >= 4 is 37.6 Å². The Morgan fingerprint density at radius 2 is 2.26 bits per heavy atom. The standard InChI is InChI=1S/C12H15BrClNO3S/c1-8-5-12(11(14)6-10(8)13)19(16,17)15-7-9-3-2-4-18-9/h5-6,9,15H,2-4,7H2,1H3/t9-/m0/s1. The molecule has 4 nitrogen and oxygen atoms in total. The number of ether oxygens (including phenoxy) is 1. The fourth-order valence-electron chi connectivity index (χ4n) is 1.92. The van der Waals surface area contributed by atoms with Crippen LogP contribution in [0.25, 0.3) is 0 Å². The summed E-state index contributed by atoms with van der Waals surface area (Å²) in [7, 11) is -3.60. The van der Waals surface area contributed by atoms with E-state index < -0.39 is 10.0 Å². The van der Waals surface area contributed by atoms with Crippen LogP contribution in [-0.4, -0.2) is 27.7 Å². The first kappa shape index (κ1) is 15.3. The summed E-state index contributed by atoms with van der Waals surface area (Å²) >= 11 is 9.32. The Balaban J connectivity index is 2.16. The fraction of sp³-hybridized carbons (Fsp3) is 0.500. The molecule has 1 aliphatic rings. The Labute approximate surface area is 126 Å². The van der Waals surface area contributed by atoms with Gasteiger partial charge >= 0.3 is 0 Å². The van der Waals surface area contributed by atoms with E-state index in [9.17, 15) is 8.42 Å². The van der Waals surface area contributed by atoms with Crippen molar-refractivity contribution in [3.05, 3.63) is 27.2 Å². The smallest absolute Gasteiger partial charge is 0.242 e. The van der Waals surface area contributed by atoms with Crippen LogP contribution in [0.2, 0.25) is 5.02 Å². The third-order valence-corrected chi connectivity index (χ3v) is 5.77. The van der Waals surface area contributed by atoms with Crippen LogP contribution in [0.1, 0.15) is 18.4 Å². The third-order valence-electron chi connectivity index (χ3n) is 3.03. The van der Waals surface area contributed by atoms with Gasteiger partial charge in [-0.05, 0) is 37.5 Å². The molecule has 0 saturated carbocycles. The summed E-state index contributed by atoms with van der Waals surface area (Å²) in [6.07, 6.45) is 1.82. The Morgan fingerprint density at radius 1 is 1.53 bits per heavy atom. The van der Waals surface area contributed by atoms with Gasteiger partial charge in [0.05, 0.1) is 11.1 Å². The summed E-state index contributed by atoms with van der Waals surface area (Å²) in [4.78, 5) is 0.105. The van der Waals surface area contributed by atoms with Crippen LogP contribution in [0.4, 0.5) is 0 Å². The molecule has 1 N–H and O–H groups in total. The van der Waals surface area contributed by atoms with Crippen molar-refractivity contribution in [2.24, 2.45) is 0 Å². The summed E-state index contributed by atoms with van der Waals surface area (Å²) in [6.45, 7) is 2.80. The number of halogens is 2. The van der Waals surface area contributed by atoms with E-state index in [0.717, 1.165) is 22.9 Å². The van der Waals surface area contributed by atoms with Gasteiger partial charge in [0.1, 0.15) is 4.90 Å². The van der Waals surface area contributed by atoms with Gasteiger partial charge in [-0.15, -0.1) is 0 Å². The number of nitrogens with one attached hydrogen (secondary N) is 1. The van der Waals surface area contributed by atoms with Gasteiger partial charge in [-0.2, -0.15) is 0 Å². The lowest BCUT2D eigenvalue weighted by atomic mass is 10.2. The molecule has 1 aliphatic heterocycles. The predicted molar refractivity (Wildman–Crippen MR) is 78.1 cm³/mol. The number of hydrogen-bond acceptors (Lipinski definition) is 3. The van der Waals surface area contributed by atoms with Crippen LogP contribution in [0.3, 0.4) is 0 Å². The Morgan fingerprint density at radius 3 is 2.89 bits per heavy atom. The third kappa shape index (κ3) is 3.70. The second kappa shape index (κ2) is 6.10.